The van der Waals surface area contributed by atoms with E-state index in [1.165, 1.54) is 5.56 Å². The van der Waals surface area contributed by atoms with Gasteiger partial charge < -0.3 is 0 Å². The van der Waals surface area contributed by atoms with Crippen molar-refractivity contribution in [3.05, 3.63) is 35.1 Å². The molecule has 84 valence electrons. The molecule has 0 aliphatic heterocycles. The van der Waals surface area contributed by atoms with Gasteiger partial charge in [0.1, 0.15) is 5.82 Å². The quantitative estimate of drug-likeness (QED) is 0.751. The molecule has 0 amide bonds. The summed E-state index contributed by atoms with van der Waals surface area (Å²) in [6.45, 7) is 2.51. The van der Waals surface area contributed by atoms with E-state index in [0.717, 1.165) is 24.8 Å². The predicted octanol–water partition coefficient (Wildman–Crippen LogP) is 2.82. The molecule has 0 bridgehead atoms. The zero-order valence-electron chi connectivity index (χ0n) is 9.52. The number of aryl methyl sites for hydroxylation is 1. The summed E-state index contributed by atoms with van der Waals surface area (Å²) >= 11 is 0. The van der Waals surface area contributed by atoms with Crippen molar-refractivity contribution >= 4 is 0 Å². The third-order valence-corrected chi connectivity index (χ3v) is 3.04. The van der Waals surface area contributed by atoms with Gasteiger partial charge in [0, 0.05) is 6.04 Å². The second kappa shape index (κ2) is 5.14. The summed E-state index contributed by atoms with van der Waals surface area (Å²) in [7, 11) is 0. The van der Waals surface area contributed by atoms with Crippen molar-refractivity contribution < 1.29 is 4.39 Å². The summed E-state index contributed by atoms with van der Waals surface area (Å²) in [5.74, 6) is 5.70. The van der Waals surface area contributed by atoms with Crippen molar-refractivity contribution in [2.45, 2.75) is 32.2 Å². The van der Waals surface area contributed by atoms with Crippen molar-refractivity contribution in [3.63, 3.8) is 0 Å². The second-order valence-corrected chi connectivity index (χ2v) is 4.10. The van der Waals surface area contributed by atoms with E-state index < -0.39 is 0 Å². The smallest absolute Gasteiger partial charge is 0.123 e. The lowest BCUT2D eigenvalue weighted by Crippen LogP contribution is -2.25. The number of fused-ring (bicyclic) bond motifs is 1. The van der Waals surface area contributed by atoms with E-state index >= 15 is 0 Å². The van der Waals surface area contributed by atoms with Gasteiger partial charge in [-0.15, -0.1) is 5.92 Å². The maximum absolute atomic E-state index is 13.2. The summed E-state index contributed by atoms with van der Waals surface area (Å²) in [4.78, 5) is 0. The monoisotopic (exact) mass is 217 g/mol. The molecule has 0 saturated carbocycles. The SMILES string of the molecule is CC#CCNC1CCCc2ccc(F)cc21. The molecule has 1 aliphatic rings. The molecule has 2 rings (SSSR count). The van der Waals surface area contributed by atoms with Crippen LogP contribution in [0, 0.1) is 17.7 Å². The fraction of sp³-hybridized carbons (Fsp3) is 0.429. The zero-order chi connectivity index (χ0) is 11.4. The minimum Gasteiger partial charge on any atom is -0.299 e. The summed E-state index contributed by atoms with van der Waals surface area (Å²) in [6, 6.07) is 5.38. The van der Waals surface area contributed by atoms with Crippen molar-refractivity contribution in [2.75, 3.05) is 6.54 Å². The Labute approximate surface area is 96.1 Å². The molecule has 0 radical (unpaired) electrons. The Morgan fingerprint density at radius 1 is 1.50 bits per heavy atom. The Morgan fingerprint density at radius 2 is 2.38 bits per heavy atom. The van der Waals surface area contributed by atoms with Gasteiger partial charge in [-0.2, -0.15) is 0 Å². The maximum Gasteiger partial charge on any atom is 0.123 e. The lowest BCUT2D eigenvalue weighted by molar-refractivity contribution is 0.478. The fourth-order valence-electron chi connectivity index (χ4n) is 2.24. The molecule has 1 N–H and O–H groups in total. The van der Waals surface area contributed by atoms with Crippen LogP contribution in [-0.2, 0) is 6.42 Å². The van der Waals surface area contributed by atoms with Crippen LogP contribution >= 0.6 is 0 Å². The number of nitrogens with one attached hydrogen (secondary N) is 1. The van der Waals surface area contributed by atoms with Crippen molar-refractivity contribution in [2.24, 2.45) is 0 Å². The minimum absolute atomic E-state index is 0.144. The third-order valence-electron chi connectivity index (χ3n) is 3.04. The van der Waals surface area contributed by atoms with Gasteiger partial charge in [-0.1, -0.05) is 12.0 Å². The van der Waals surface area contributed by atoms with Crippen LogP contribution in [-0.4, -0.2) is 6.54 Å². The molecule has 1 atom stereocenters. The Balaban J connectivity index is 2.17. The van der Waals surface area contributed by atoms with E-state index in [1.807, 2.05) is 13.0 Å². The van der Waals surface area contributed by atoms with Crippen LogP contribution in [0.1, 0.15) is 36.9 Å². The topological polar surface area (TPSA) is 12.0 Å². The Bertz CT molecular complexity index is 428. The van der Waals surface area contributed by atoms with Crippen LogP contribution in [0.25, 0.3) is 0 Å². The van der Waals surface area contributed by atoms with Crippen LogP contribution in [0.5, 0.6) is 0 Å². The first-order valence-corrected chi connectivity index (χ1v) is 5.72. The highest BCUT2D eigenvalue weighted by Crippen LogP contribution is 2.29. The summed E-state index contributed by atoms with van der Waals surface area (Å²) in [5, 5.41) is 3.37. The van der Waals surface area contributed by atoms with E-state index in [1.54, 1.807) is 12.1 Å². The first-order chi connectivity index (χ1) is 7.81. The molecule has 0 aromatic heterocycles. The number of halogens is 1. The summed E-state index contributed by atoms with van der Waals surface area (Å²) < 4.78 is 13.2. The average Bonchev–Trinajstić information content (AvgIpc) is 2.30. The largest absolute Gasteiger partial charge is 0.299 e. The highest BCUT2D eigenvalue weighted by atomic mass is 19.1. The molecule has 2 heteroatoms. The minimum atomic E-state index is -0.144. The molecule has 0 spiro atoms. The van der Waals surface area contributed by atoms with E-state index in [9.17, 15) is 4.39 Å². The van der Waals surface area contributed by atoms with Gasteiger partial charge in [-0.3, -0.25) is 5.32 Å². The van der Waals surface area contributed by atoms with Gasteiger partial charge >= 0.3 is 0 Å². The van der Waals surface area contributed by atoms with Gasteiger partial charge in [0.25, 0.3) is 0 Å². The first kappa shape index (κ1) is 11.2. The van der Waals surface area contributed by atoms with Gasteiger partial charge in [-0.05, 0) is 49.4 Å². The first-order valence-electron chi connectivity index (χ1n) is 5.72. The van der Waals surface area contributed by atoms with Gasteiger partial charge in [0.2, 0.25) is 0 Å². The van der Waals surface area contributed by atoms with E-state index in [0.29, 0.717) is 6.54 Å². The summed E-state index contributed by atoms with van der Waals surface area (Å²) in [5.41, 5.74) is 2.39. The van der Waals surface area contributed by atoms with Crippen LogP contribution in [0.3, 0.4) is 0 Å². The molecular formula is C14H16FN. The Kier molecular flexibility index (Phi) is 3.58. The van der Waals surface area contributed by atoms with E-state index in [-0.39, 0.29) is 11.9 Å². The van der Waals surface area contributed by atoms with E-state index in [4.69, 9.17) is 0 Å². The third kappa shape index (κ3) is 2.43. The van der Waals surface area contributed by atoms with Crippen LogP contribution < -0.4 is 5.32 Å². The molecule has 1 aliphatic carbocycles. The normalized spacial score (nSPS) is 18.5. The van der Waals surface area contributed by atoms with Crippen molar-refractivity contribution in [1.29, 1.82) is 0 Å². The zero-order valence-corrected chi connectivity index (χ0v) is 9.52. The molecule has 1 aromatic rings. The van der Waals surface area contributed by atoms with E-state index in [2.05, 4.69) is 17.2 Å². The van der Waals surface area contributed by atoms with Gasteiger partial charge in [0.15, 0.2) is 0 Å². The molecule has 1 unspecified atom stereocenters. The summed E-state index contributed by atoms with van der Waals surface area (Å²) in [6.07, 6.45) is 3.30. The van der Waals surface area contributed by atoms with Gasteiger partial charge in [0.05, 0.1) is 6.54 Å². The van der Waals surface area contributed by atoms with Crippen LogP contribution in [0.2, 0.25) is 0 Å². The van der Waals surface area contributed by atoms with Crippen molar-refractivity contribution in [3.8, 4) is 11.8 Å². The lowest BCUT2D eigenvalue weighted by Gasteiger charge is -2.25. The molecule has 0 saturated heterocycles. The van der Waals surface area contributed by atoms with Crippen molar-refractivity contribution in [1.82, 2.24) is 5.32 Å². The van der Waals surface area contributed by atoms with Crippen LogP contribution in [0.15, 0.2) is 18.2 Å². The lowest BCUT2D eigenvalue weighted by atomic mass is 9.87. The Morgan fingerprint density at radius 3 is 3.19 bits per heavy atom. The highest BCUT2D eigenvalue weighted by molar-refractivity contribution is 5.33. The number of hydrogen-bond donors (Lipinski definition) is 1. The fourth-order valence-corrected chi connectivity index (χ4v) is 2.24. The second-order valence-electron chi connectivity index (χ2n) is 4.10. The van der Waals surface area contributed by atoms with Crippen LogP contribution in [0.4, 0.5) is 4.39 Å². The number of benzene rings is 1. The number of rotatable bonds is 2. The highest BCUT2D eigenvalue weighted by Gasteiger charge is 2.19. The Hall–Kier alpha value is -1.33. The predicted molar refractivity (Wildman–Crippen MR) is 63.5 cm³/mol. The molecule has 0 heterocycles. The molecule has 0 fully saturated rings. The molecule has 16 heavy (non-hydrogen) atoms. The maximum atomic E-state index is 13.2. The molecule has 1 nitrogen and oxygen atoms in total. The average molecular weight is 217 g/mol. The molecule has 1 aromatic carbocycles. The van der Waals surface area contributed by atoms with Gasteiger partial charge in [-0.25, -0.2) is 4.39 Å². The number of hydrogen-bond acceptors (Lipinski definition) is 1. The standard InChI is InChI=1S/C14H16FN/c1-2-3-9-16-14-6-4-5-11-7-8-12(15)10-13(11)14/h7-8,10,14,16H,4-6,9H2,1H3. The molecular weight excluding hydrogens is 201 g/mol.